The van der Waals surface area contributed by atoms with Crippen LogP contribution in [0.3, 0.4) is 0 Å². The zero-order valence-corrected chi connectivity index (χ0v) is 25.8. The highest BCUT2D eigenvalue weighted by Gasteiger charge is 2.38. The highest BCUT2D eigenvalue weighted by Crippen LogP contribution is 2.35. The summed E-state index contributed by atoms with van der Waals surface area (Å²) >= 11 is 1.02. The number of rotatable bonds is 15. The van der Waals surface area contributed by atoms with Crippen LogP contribution in [0.5, 0.6) is 5.75 Å². The fourth-order valence-electron chi connectivity index (χ4n) is 2.90. The van der Waals surface area contributed by atoms with Gasteiger partial charge in [-0.05, 0) is 75.1 Å². The number of benzene rings is 1. The van der Waals surface area contributed by atoms with Gasteiger partial charge in [0.1, 0.15) is 16.2 Å². The number of ether oxygens (including phenoxy) is 1. The number of nitrogens with one attached hydrogen (secondary N) is 1. The maximum Gasteiger partial charge on any atom is 0.490 e. The van der Waals surface area contributed by atoms with Crippen molar-refractivity contribution in [2.24, 2.45) is 11.5 Å². The minimum atomic E-state index is -5.08. The van der Waals surface area contributed by atoms with Gasteiger partial charge in [-0.2, -0.15) is 31.1 Å². The summed E-state index contributed by atoms with van der Waals surface area (Å²) in [6.45, 7) is 4.59. The fraction of sp³-hybridized carbons (Fsp3) is 0.545. The van der Waals surface area contributed by atoms with Crippen molar-refractivity contribution in [2.45, 2.75) is 35.8 Å². The number of aliphatic carboxylic acids is 2. The third-order valence-corrected chi connectivity index (χ3v) is 8.69. The van der Waals surface area contributed by atoms with Crippen LogP contribution in [-0.4, -0.2) is 103 Å². The molecule has 2 aromatic rings. The van der Waals surface area contributed by atoms with Crippen LogP contribution in [0.1, 0.15) is 19.3 Å². The first-order valence-electron chi connectivity index (χ1n) is 12.5. The lowest BCUT2D eigenvalue weighted by Crippen LogP contribution is -2.30. The van der Waals surface area contributed by atoms with E-state index in [0.29, 0.717) is 30.8 Å². The molecule has 0 atom stereocenters. The smallest absolute Gasteiger partial charge is 0.490 e. The number of thiophene rings is 1. The Kier molecular flexibility index (Phi) is 18.1. The minimum absolute atomic E-state index is 0.0106. The van der Waals surface area contributed by atoms with Gasteiger partial charge in [0, 0.05) is 11.2 Å². The lowest BCUT2D eigenvalue weighted by molar-refractivity contribution is -0.193. The Labute approximate surface area is 257 Å². The zero-order valence-electron chi connectivity index (χ0n) is 23.3. The normalized spacial score (nSPS) is 12.2. The van der Waals surface area contributed by atoms with Crippen LogP contribution in [0, 0.1) is 0 Å². The largest absolute Gasteiger partial charge is 0.494 e. The lowest BCUT2D eigenvalue weighted by Gasteiger charge is -2.21. The van der Waals surface area contributed by atoms with E-state index in [4.69, 9.17) is 45.8 Å². The van der Waals surface area contributed by atoms with Gasteiger partial charge in [0.25, 0.3) is 10.0 Å². The van der Waals surface area contributed by atoms with Gasteiger partial charge < -0.3 is 41.1 Å². The summed E-state index contributed by atoms with van der Waals surface area (Å²) in [5, 5.41) is 14.9. The number of sulfonamides is 1. The number of alkyl halides is 6. The van der Waals surface area contributed by atoms with E-state index < -0.39 is 48.2 Å². The summed E-state index contributed by atoms with van der Waals surface area (Å²) in [5.41, 5.74) is 11.2. The molecule has 0 spiro atoms. The molecule has 0 saturated heterocycles. The molecule has 0 aliphatic carbocycles. The van der Waals surface area contributed by atoms with E-state index in [1.807, 2.05) is 4.72 Å². The van der Waals surface area contributed by atoms with Gasteiger partial charge in [-0.15, -0.1) is 11.3 Å². The monoisotopic (exact) mass is 722 g/mol. The van der Waals surface area contributed by atoms with E-state index in [0.717, 1.165) is 54.9 Å². The lowest BCUT2D eigenvalue weighted by atomic mass is 10.2. The van der Waals surface area contributed by atoms with Crippen molar-refractivity contribution in [3.8, 4) is 5.75 Å². The third-order valence-electron chi connectivity index (χ3n) is 4.92. The van der Waals surface area contributed by atoms with Crippen LogP contribution in [-0.2, 0) is 24.2 Å². The minimum Gasteiger partial charge on any atom is -0.494 e. The van der Waals surface area contributed by atoms with Crippen molar-refractivity contribution >= 4 is 51.0 Å². The van der Waals surface area contributed by atoms with Crippen molar-refractivity contribution in [1.82, 2.24) is 9.62 Å². The summed E-state index contributed by atoms with van der Waals surface area (Å²) in [6, 6.07) is 6.77. The Morgan fingerprint density at radius 2 is 1.38 bits per heavy atom. The predicted molar refractivity (Wildman–Crippen MR) is 150 cm³/mol. The number of hydrogen-bond acceptors (Lipinski definition) is 10. The predicted octanol–water partition coefficient (Wildman–Crippen LogP) is 2.35. The van der Waals surface area contributed by atoms with E-state index in [1.54, 1.807) is 18.2 Å². The number of carbonyl (C=O) groups is 2. The Bertz CT molecular complexity index is 1340. The second-order valence-electron chi connectivity index (χ2n) is 8.67. The van der Waals surface area contributed by atoms with E-state index in [2.05, 4.69) is 4.90 Å². The maximum absolute atomic E-state index is 12.3. The maximum atomic E-state index is 12.3. The van der Waals surface area contributed by atoms with Gasteiger partial charge >= 0.3 is 31.9 Å². The molecule has 260 valence electrons. The average molecular weight is 723 g/mol. The second-order valence-corrected chi connectivity index (χ2v) is 13.4. The number of nitrogens with zero attached hydrogens (tertiary/aromatic N) is 1. The molecule has 23 heteroatoms. The standard InChI is InChI=1S/C18H31N4O6PS2.2C2HF3O2/c19-6-1-8-22(9-2-7-20)10-3-11-28-16-4-5-17-15(12-16)13-18(30-17)31(26,27)21-14-29(23,24)25;2*3-2(4,5)1(6)7/h4-5,12-13,21H,1-3,6-11,14,19-20H2,(H2,23,24,25);2*(H,6,7). The van der Waals surface area contributed by atoms with Crippen molar-refractivity contribution in [3.05, 3.63) is 24.3 Å². The first kappa shape index (κ1) is 42.4. The van der Waals surface area contributed by atoms with Crippen LogP contribution in [0.2, 0.25) is 0 Å². The van der Waals surface area contributed by atoms with Gasteiger partial charge in [0.2, 0.25) is 0 Å². The summed E-state index contributed by atoms with van der Waals surface area (Å²) in [4.78, 5) is 37.9. The number of carboxylic acids is 2. The molecule has 9 N–H and O–H groups in total. The van der Waals surface area contributed by atoms with E-state index in [9.17, 15) is 39.3 Å². The van der Waals surface area contributed by atoms with Crippen molar-refractivity contribution in [2.75, 3.05) is 45.6 Å². The molecule has 2 rings (SSSR count). The number of hydrogen-bond donors (Lipinski definition) is 7. The molecule has 14 nitrogen and oxygen atoms in total. The van der Waals surface area contributed by atoms with Gasteiger partial charge in [0.05, 0.1) is 6.61 Å². The summed E-state index contributed by atoms with van der Waals surface area (Å²) in [6.07, 6.45) is -8.39. The second kappa shape index (κ2) is 19.2. The topological polar surface area (TPSA) is 243 Å². The van der Waals surface area contributed by atoms with Crippen LogP contribution in [0.4, 0.5) is 26.3 Å². The third kappa shape index (κ3) is 18.9. The molecule has 0 radical (unpaired) electrons. The van der Waals surface area contributed by atoms with Crippen LogP contribution >= 0.6 is 18.9 Å². The molecule has 1 aromatic carbocycles. The number of nitrogens with two attached hydrogens (primary N) is 2. The molecule has 45 heavy (non-hydrogen) atoms. The van der Waals surface area contributed by atoms with Gasteiger partial charge in [-0.25, -0.2) is 18.0 Å². The highest BCUT2D eigenvalue weighted by molar-refractivity contribution is 7.92. The van der Waals surface area contributed by atoms with E-state index in [1.165, 1.54) is 6.07 Å². The first-order valence-corrected chi connectivity index (χ1v) is 16.6. The van der Waals surface area contributed by atoms with E-state index >= 15 is 0 Å². The van der Waals surface area contributed by atoms with Gasteiger partial charge in [0.15, 0.2) is 0 Å². The molecular weight excluding hydrogens is 689 g/mol. The molecule has 0 aliphatic heterocycles. The molecule has 1 heterocycles. The number of fused-ring (bicyclic) bond motifs is 1. The average Bonchev–Trinajstić information content (AvgIpc) is 3.35. The quantitative estimate of drug-likeness (QED) is 0.0794. The van der Waals surface area contributed by atoms with Crippen molar-refractivity contribution < 1.29 is 73.7 Å². The summed E-state index contributed by atoms with van der Waals surface area (Å²) in [7, 11) is -8.48. The number of halogens is 6. The van der Waals surface area contributed by atoms with Crippen LogP contribution in [0.15, 0.2) is 28.5 Å². The molecule has 0 unspecified atom stereocenters. The zero-order chi connectivity index (χ0) is 35.1. The van der Waals surface area contributed by atoms with Gasteiger partial charge in [-0.3, -0.25) is 4.57 Å². The Morgan fingerprint density at radius 1 is 0.911 bits per heavy atom. The Hall–Kier alpha value is -2.56. The molecule has 0 saturated carbocycles. The molecule has 0 amide bonds. The fourth-order valence-corrected chi connectivity index (χ4v) is 6.34. The SMILES string of the molecule is NCCCN(CCCN)CCCOc1ccc2sc(S(=O)(=O)NCP(=O)(O)O)cc2c1.O=C(O)C(F)(F)F.O=C(O)C(F)(F)F. The van der Waals surface area contributed by atoms with Crippen LogP contribution in [0.25, 0.3) is 10.1 Å². The highest BCUT2D eigenvalue weighted by atomic mass is 32.2. The number of carboxylic acid groups (broad SMARTS) is 2. The van der Waals surface area contributed by atoms with Gasteiger partial charge in [-0.1, -0.05) is 0 Å². The molecule has 1 aromatic heterocycles. The molecule has 0 bridgehead atoms. The molecular formula is C22H33F6N4O10PS2. The first-order chi connectivity index (χ1) is 20.5. The summed E-state index contributed by atoms with van der Waals surface area (Å²) < 4.78 is 107. The molecule has 0 fully saturated rings. The van der Waals surface area contributed by atoms with E-state index in [-0.39, 0.29) is 4.21 Å². The van der Waals surface area contributed by atoms with Crippen molar-refractivity contribution in [3.63, 3.8) is 0 Å². The van der Waals surface area contributed by atoms with Crippen LogP contribution < -0.4 is 20.9 Å². The molecule has 0 aliphatic rings. The summed E-state index contributed by atoms with van der Waals surface area (Å²) in [5.74, 6) is -4.88. The Balaban J connectivity index is 0.00000114. The van der Waals surface area contributed by atoms with Crippen molar-refractivity contribution in [1.29, 1.82) is 0 Å². The Morgan fingerprint density at radius 3 is 1.80 bits per heavy atom.